The summed E-state index contributed by atoms with van der Waals surface area (Å²) in [5.74, 6) is -0.352. The largest absolute Gasteiger partial charge is 0.445 e. The number of rotatable bonds is 17. The molecular formula is C47H59N3O2. The minimum Gasteiger partial charge on any atom is -0.445 e. The first kappa shape index (κ1) is 37.3. The van der Waals surface area contributed by atoms with Gasteiger partial charge >= 0.3 is 5.97 Å². The molecule has 0 aliphatic carbocycles. The van der Waals surface area contributed by atoms with Crippen molar-refractivity contribution in [3.05, 3.63) is 131 Å². The van der Waals surface area contributed by atoms with Crippen molar-refractivity contribution in [2.75, 3.05) is 47.4 Å². The molecule has 274 valence electrons. The van der Waals surface area contributed by atoms with E-state index in [1.165, 1.54) is 54.7 Å². The summed E-state index contributed by atoms with van der Waals surface area (Å²) in [6.07, 6.45) is 9.84. The van der Waals surface area contributed by atoms with Gasteiger partial charge in [0, 0.05) is 61.4 Å². The highest BCUT2D eigenvalue weighted by atomic mass is 16.6. The summed E-state index contributed by atoms with van der Waals surface area (Å²) < 4.78 is 6.86. The highest BCUT2D eigenvalue weighted by Crippen LogP contribution is 2.56. The predicted octanol–water partition coefficient (Wildman–Crippen LogP) is 11.2. The lowest BCUT2D eigenvalue weighted by atomic mass is 9.73. The Morgan fingerprint density at radius 1 is 0.692 bits per heavy atom. The van der Waals surface area contributed by atoms with Crippen molar-refractivity contribution in [1.82, 2.24) is 0 Å². The van der Waals surface area contributed by atoms with Crippen LogP contribution in [-0.2, 0) is 10.3 Å². The maximum absolute atomic E-state index is 14.0. The average molecular weight is 698 g/mol. The predicted molar refractivity (Wildman–Crippen MR) is 220 cm³/mol. The Balaban J connectivity index is 1.51. The number of hydrogen-bond acceptors (Lipinski definition) is 5. The molecule has 0 spiro atoms. The molecule has 4 aromatic rings. The van der Waals surface area contributed by atoms with E-state index in [2.05, 4.69) is 147 Å². The lowest BCUT2D eigenvalue weighted by Crippen LogP contribution is -2.42. The Bertz CT molecular complexity index is 1750. The van der Waals surface area contributed by atoms with Crippen LogP contribution in [0.15, 0.2) is 103 Å². The van der Waals surface area contributed by atoms with Crippen molar-refractivity contribution in [2.24, 2.45) is 0 Å². The molecule has 0 N–H and O–H groups in total. The van der Waals surface area contributed by atoms with E-state index in [1.54, 1.807) is 0 Å². The maximum atomic E-state index is 14.0. The number of ether oxygens (including phenoxy) is 1. The monoisotopic (exact) mass is 697 g/mol. The van der Waals surface area contributed by atoms with Gasteiger partial charge in [-0.15, -0.1) is 0 Å². The van der Waals surface area contributed by atoms with Gasteiger partial charge in [0.25, 0.3) is 0 Å². The Labute approximate surface area is 313 Å². The summed E-state index contributed by atoms with van der Waals surface area (Å²) in [4.78, 5) is 21.3. The van der Waals surface area contributed by atoms with Crippen LogP contribution in [0.25, 0.3) is 5.57 Å². The van der Waals surface area contributed by atoms with E-state index < -0.39 is 5.60 Å². The normalized spacial score (nSPS) is 18.9. The van der Waals surface area contributed by atoms with Crippen molar-refractivity contribution >= 4 is 28.6 Å². The zero-order valence-corrected chi connectivity index (χ0v) is 32.4. The second kappa shape index (κ2) is 16.9. The lowest BCUT2D eigenvalue weighted by Gasteiger charge is -2.38. The number of carbonyl (C=O) groups is 1. The second-order valence-corrected chi connectivity index (χ2v) is 14.5. The highest BCUT2D eigenvalue weighted by molar-refractivity contribution is 5.96. The van der Waals surface area contributed by atoms with E-state index in [-0.39, 0.29) is 17.9 Å². The molecule has 3 atom stereocenters. The van der Waals surface area contributed by atoms with Gasteiger partial charge < -0.3 is 19.4 Å². The first-order valence-electron chi connectivity index (χ1n) is 20.0. The second-order valence-electron chi connectivity index (χ2n) is 14.5. The molecule has 0 aromatic heterocycles. The summed E-state index contributed by atoms with van der Waals surface area (Å²) in [6, 6.07) is 34.9. The van der Waals surface area contributed by atoms with E-state index in [1.807, 2.05) is 12.1 Å². The number of anilines is 3. The van der Waals surface area contributed by atoms with Crippen molar-refractivity contribution in [3.63, 3.8) is 0 Å². The molecule has 0 saturated heterocycles. The van der Waals surface area contributed by atoms with Crippen molar-refractivity contribution in [1.29, 1.82) is 0 Å². The summed E-state index contributed by atoms with van der Waals surface area (Å²) in [5.41, 5.74) is 8.80. The van der Waals surface area contributed by atoms with Crippen LogP contribution in [-0.4, -0.2) is 44.7 Å². The van der Waals surface area contributed by atoms with Gasteiger partial charge in [0.1, 0.15) is 0 Å². The first-order chi connectivity index (χ1) is 25.4. The molecule has 0 saturated carbocycles. The highest BCUT2D eigenvalue weighted by Gasteiger charge is 2.56. The van der Waals surface area contributed by atoms with Gasteiger partial charge in [-0.2, -0.15) is 0 Å². The molecule has 0 amide bonds. The van der Waals surface area contributed by atoms with Crippen LogP contribution in [0.5, 0.6) is 0 Å². The summed E-state index contributed by atoms with van der Waals surface area (Å²) >= 11 is 0. The van der Waals surface area contributed by atoms with Crippen LogP contribution in [0.4, 0.5) is 17.1 Å². The molecule has 2 heterocycles. The third kappa shape index (κ3) is 7.24. The number of unbranched alkanes of at least 4 members (excludes halogenated alkanes) is 5. The van der Waals surface area contributed by atoms with Crippen LogP contribution in [0, 0.1) is 0 Å². The fraction of sp³-hybridized carbons (Fsp3) is 0.426. The number of para-hydroxylation sites is 1. The Morgan fingerprint density at radius 3 is 1.83 bits per heavy atom. The minimum absolute atomic E-state index is 0.101. The topological polar surface area (TPSA) is 36.0 Å². The molecule has 4 aromatic carbocycles. The summed E-state index contributed by atoms with van der Waals surface area (Å²) in [5, 5.41) is 0. The first-order valence-corrected chi connectivity index (χ1v) is 20.0. The van der Waals surface area contributed by atoms with Crippen LogP contribution in [0.3, 0.4) is 0 Å². The van der Waals surface area contributed by atoms with Gasteiger partial charge in [-0.3, -0.25) is 0 Å². The van der Waals surface area contributed by atoms with Crippen molar-refractivity contribution in [2.45, 2.75) is 97.6 Å². The Morgan fingerprint density at radius 2 is 1.23 bits per heavy atom. The Hall–Kier alpha value is -4.51. The van der Waals surface area contributed by atoms with Crippen molar-refractivity contribution in [3.8, 4) is 0 Å². The number of nitrogens with zero attached hydrogens (tertiary/aromatic N) is 3. The number of benzene rings is 4. The van der Waals surface area contributed by atoms with E-state index in [4.69, 9.17) is 4.74 Å². The number of cyclic esters (lactones) is 1. The van der Waals surface area contributed by atoms with Gasteiger partial charge in [-0.05, 0) is 106 Å². The molecule has 0 fully saturated rings. The molecule has 2 aliphatic heterocycles. The molecule has 5 nitrogen and oxygen atoms in total. The number of fused-ring (bicyclic) bond motifs is 2. The van der Waals surface area contributed by atoms with Crippen LogP contribution < -0.4 is 14.7 Å². The third-order valence-corrected chi connectivity index (χ3v) is 11.6. The lowest BCUT2D eigenvalue weighted by molar-refractivity contribution is 0.000495. The molecule has 0 radical (unpaired) electrons. The molecule has 2 aliphatic rings. The SMILES string of the molecule is CCCCCCCCN1c2ccccc2C(C2(C=C(c3ccc(N(CC)CC)cc3)c3ccc(N(CC)CC)cc3)OC(=O)c3ccccc32)C1C. The molecular weight excluding hydrogens is 639 g/mol. The van der Waals surface area contributed by atoms with Crippen LogP contribution >= 0.6 is 0 Å². The van der Waals surface area contributed by atoms with E-state index in [0.29, 0.717) is 5.56 Å². The Kier molecular flexibility index (Phi) is 12.1. The minimum atomic E-state index is -1.01. The van der Waals surface area contributed by atoms with Gasteiger partial charge in [-0.25, -0.2) is 4.79 Å². The summed E-state index contributed by atoms with van der Waals surface area (Å²) in [6.45, 7) is 18.2. The van der Waals surface area contributed by atoms with Crippen LogP contribution in [0.2, 0.25) is 0 Å². The number of esters is 1. The fourth-order valence-corrected chi connectivity index (χ4v) is 8.77. The average Bonchev–Trinajstić information content (AvgIpc) is 3.63. The standard InChI is InChI=1S/C47H59N3O2/c1-7-12-13-14-15-20-33-50-35(6)45(41-22-17-19-24-44(41)50)47(43-23-18-16-21-40(43)46(51)52-47)34-42(36-25-29-38(30-26-36)48(8-2)9-3)37-27-31-39(32-28-37)49(10-4)11-5/h16-19,21-32,34-35,45H,7-15,20,33H2,1-6H3. The smallest absolute Gasteiger partial charge is 0.339 e. The molecule has 6 rings (SSSR count). The van der Waals surface area contributed by atoms with E-state index in [9.17, 15) is 4.79 Å². The molecule has 0 bridgehead atoms. The quantitative estimate of drug-likeness (QED) is 0.0811. The van der Waals surface area contributed by atoms with Crippen LogP contribution in [0.1, 0.15) is 119 Å². The zero-order valence-electron chi connectivity index (χ0n) is 32.4. The number of carbonyl (C=O) groups excluding carboxylic acids is 1. The van der Waals surface area contributed by atoms with Gasteiger partial charge in [0.2, 0.25) is 0 Å². The van der Waals surface area contributed by atoms with Gasteiger partial charge in [0.05, 0.1) is 11.5 Å². The van der Waals surface area contributed by atoms with Gasteiger partial charge in [-0.1, -0.05) is 99.7 Å². The van der Waals surface area contributed by atoms with E-state index in [0.717, 1.165) is 61.4 Å². The molecule has 3 unspecified atom stereocenters. The molecule has 5 heteroatoms. The number of hydrogen-bond donors (Lipinski definition) is 0. The summed E-state index contributed by atoms with van der Waals surface area (Å²) in [7, 11) is 0. The maximum Gasteiger partial charge on any atom is 0.339 e. The van der Waals surface area contributed by atoms with Gasteiger partial charge in [0.15, 0.2) is 5.60 Å². The molecule has 52 heavy (non-hydrogen) atoms. The van der Waals surface area contributed by atoms with Crippen molar-refractivity contribution < 1.29 is 9.53 Å². The van der Waals surface area contributed by atoms with E-state index >= 15 is 0 Å². The zero-order chi connectivity index (χ0) is 36.7. The fourth-order valence-electron chi connectivity index (χ4n) is 8.77. The third-order valence-electron chi connectivity index (χ3n) is 11.6.